The van der Waals surface area contributed by atoms with Crippen LogP contribution in [0.3, 0.4) is 0 Å². The minimum atomic E-state index is 0.117. The third-order valence-electron chi connectivity index (χ3n) is 2.77. The molecule has 0 aliphatic heterocycles. The summed E-state index contributed by atoms with van der Waals surface area (Å²) in [6.45, 7) is 6.27. The Bertz CT molecular complexity index is 390. The van der Waals surface area contributed by atoms with E-state index >= 15 is 0 Å². The van der Waals surface area contributed by atoms with E-state index in [1.54, 1.807) is 0 Å². The van der Waals surface area contributed by atoms with Gasteiger partial charge in [-0.15, -0.1) is 0 Å². The summed E-state index contributed by atoms with van der Waals surface area (Å²) >= 11 is 1.86. The van der Waals surface area contributed by atoms with Gasteiger partial charge in [-0.2, -0.15) is 11.8 Å². The van der Waals surface area contributed by atoms with Crippen LogP contribution in [0.4, 0.5) is 5.69 Å². The molecule has 0 saturated carbocycles. The molecule has 0 saturated heterocycles. The highest BCUT2D eigenvalue weighted by molar-refractivity contribution is 7.99. The lowest BCUT2D eigenvalue weighted by Crippen LogP contribution is -2.13. The molecule has 0 atom stereocenters. The summed E-state index contributed by atoms with van der Waals surface area (Å²) in [4.78, 5) is 11.8. The van der Waals surface area contributed by atoms with Crippen molar-refractivity contribution < 1.29 is 4.79 Å². The topological polar surface area (TPSA) is 29.1 Å². The summed E-state index contributed by atoms with van der Waals surface area (Å²) in [6, 6.07) is 6.09. The van der Waals surface area contributed by atoms with Crippen LogP contribution >= 0.6 is 11.8 Å². The second-order valence-corrected chi connectivity index (χ2v) is 5.81. The largest absolute Gasteiger partial charge is 0.326 e. The molecule has 0 aliphatic carbocycles. The summed E-state index contributed by atoms with van der Waals surface area (Å²) in [6.07, 6.45) is 3.06. The van der Waals surface area contributed by atoms with Crippen molar-refractivity contribution >= 4 is 23.4 Å². The van der Waals surface area contributed by atoms with Crippen LogP contribution in [-0.4, -0.2) is 17.4 Å². The summed E-state index contributed by atoms with van der Waals surface area (Å²) in [5.74, 6) is 2.19. The lowest BCUT2D eigenvalue weighted by Gasteiger charge is -2.09. The Labute approximate surface area is 115 Å². The molecule has 1 amide bonds. The highest BCUT2D eigenvalue weighted by Gasteiger charge is 2.04. The van der Waals surface area contributed by atoms with Crippen LogP contribution in [0, 0.1) is 13.8 Å². The molecule has 0 bridgehead atoms. The maximum Gasteiger partial charge on any atom is 0.225 e. The van der Waals surface area contributed by atoms with Crippen LogP contribution in [0.15, 0.2) is 18.2 Å². The van der Waals surface area contributed by atoms with Gasteiger partial charge in [-0.05, 0) is 37.7 Å². The monoisotopic (exact) mass is 265 g/mol. The number of carbonyl (C=O) groups excluding carboxylic acids is 1. The van der Waals surface area contributed by atoms with Crippen molar-refractivity contribution in [2.45, 2.75) is 40.0 Å². The van der Waals surface area contributed by atoms with Gasteiger partial charge in [0.1, 0.15) is 0 Å². The first-order valence-electron chi connectivity index (χ1n) is 6.58. The first kappa shape index (κ1) is 15.1. The Morgan fingerprint density at radius 1 is 1.28 bits per heavy atom. The van der Waals surface area contributed by atoms with E-state index in [0.29, 0.717) is 6.42 Å². The molecule has 18 heavy (non-hydrogen) atoms. The molecule has 1 rings (SSSR count). The van der Waals surface area contributed by atoms with Gasteiger partial charge >= 0.3 is 0 Å². The fraction of sp³-hybridized carbons (Fsp3) is 0.533. The standard InChI is InChI=1S/C15H23NOS/c1-4-5-9-18-10-8-15(17)16-14-7-6-12(2)11-13(14)3/h6-7,11H,4-5,8-10H2,1-3H3,(H,16,17). The molecule has 100 valence electrons. The van der Waals surface area contributed by atoms with E-state index in [-0.39, 0.29) is 5.91 Å². The quantitative estimate of drug-likeness (QED) is 0.750. The number of benzene rings is 1. The van der Waals surface area contributed by atoms with E-state index < -0.39 is 0 Å². The van der Waals surface area contributed by atoms with Crippen molar-refractivity contribution in [3.05, 3.63) is 29.3 Å². The van der Waals surface area contributed by atoms with Crippen molar-refractivity contribution in [3.8, 4) is 0 Å². The lowest BCUT2D eigenvalue weighted by molar-refractivity contribution is -0.115. The molecule has 0 aliphatic rings. The third kappa shape index (κ3) is 5.58. The van der Waals surface area contributed by atoms with Gasteiger partial charge in [0.15, 0.2) is 0 Å². The number of unbranched alkanes of at least 4 members (excludes halogenated alkanes) is 1. The molecule has 0 unspecified atom stereocenters. The van der Waals surface area contributed by atoms with E-state index in [2.05, 4.69) is 25.2 Å². The summed E-state index contributed by atoms with van der Waals surface area (Å²) < 4.78 is 0. The zero-order chi connectivity index (χ0) is 13.4. The number of hydrogen-bond acceptors (Lipinski definition) is 2. The SMILES string of the molecule is CCCCSCCC(=O)Nc1ccc(C)cc1C. The number of amides is 1. The fourth-order valence-electron chi connectivity index (χ4n) is 1.68. The molecular weight excluding hydrogens is 242 g/mol. The molecule has 1 N–H and O–H groups in total. The van der Waals surface area contributed by atoms with Gasteiger partial charge in [0.05, 0.1) is 0 Å². The minimum Gasteiger partial charge on any atom is -0.326 e. The Morgan fingerprint density at radius 3 is 2.72 bits per heavy atom. The van der Waals surface area contributed by atoms with Crippen LogP contribution in [0.2, 0.25) is 0 Å². The minimum absolute atomic E-state index is 0.117. The number of rotatable bonds is 7. The molecule has 0 aromatic heterocycles. The van der Waals surface area contributed by atoms with E-state index in [9.17, 15) is 4.79 Å². The molecule has 0 heterocycles. The number of thioether (sulfide) groups is 1. The van der Waals surface area contributed by atoms with E-state index in [0.717, 1.165) is 22.8 Å². The number of carbonyl (C=O) groups is 1. The summed E-state index contributed by atoms with van der Waals surface area (Å²) in [5.41, 5.74) is 3.28. The third-order valence-corrected chi connectivity index (χ3v) is 3.84. The van der Waals surface area contributed by atoms with Gasteiger partial charge in [0, 0.05) is 17.9 Å². The first-order chi connectivity index (χ1) is 8.63. The maximum absolute atomic E-state index is 11.8. The lowest BCUT2D eigenvalue weighted by atomic mass is 10.1. The molecule has 0 spiro atoms. The van der Waals surface area contributed by atoms with E-state index in [4.69, 9.17) is 0 Å². The maximum atomic E-state index is 11.8. The van der Waals surface area contributed by atoms with Crippen LogP contribution in [0.1, 0.15) is 37.3 Å². The molecule has 0 radical (unpaired) electrons. The summed E-state index contributed by atoms with van der Waals surface area (Å²) in [7, 11) is 0. The molecule has 2 nitrogen and oxygen atoms in total. The van der Waals surface area contributed by atoms with Crippen molar-refractivity contribution in [3.63, 3.8) is 0 Å². The number of nitrogens with one attached hydrogen (secondary N) is 1. The van der Waals surface area contributed by atoms with Crippen LogP contribution < -0.4 is 5.32 Å². The molecule has 1 aromatic carbocycles. The van der Waals surface area contributed by atoms with Crippen molar-refractivity contribution in [2.24, 2.45) is 0 Å². The molecule has 0 fully saturated rings. The normalized spacial score (nSPS) is 10.4. The average molecular weight is 265 g/mol. The predicted molar refractivity (Wildman–Crippen MR) is 81.4 cm³/mol. The predicted octanol–water partition coefficient (Wildman–Crippen LogP) is 4.17. The number of aryl methyl sites for hydroxylation is 2. The molecule has 1 aromatic rings. The van der Waals surface area contributed by atoms with Gasteiger partial charge in [-0.1, -0.05) is 31.0 Å². The Balaban J connectivity index is 2.31. The Hall–Kier alpha value is -0.960. The Kier molecular flexibility index (Phi) is 6.88. The van der Waals surface area contributed by atoms with Gasteiger partial charge < -0.3 is 5.32 Å². The Morgan fingerprint density at radius 2 is 2.06 bits per heavy atom. The average Bonchev–Trinajstić information content (AvgIpc) is 2.32. The first-order valence-corrected chi connectivity index (χ1v) is 7.73. The molecule has 3 heteroatoms. The van der Waals surface area contributed by atoms with Crippen LogP contribution in [-0.2, 0) is 4.79 Å². The van der Waals surface area contributed by atoms with Gasteiger partial charge in [-0.3, -0.25) is 4.79 Å². The van der Waals surface area contributed by atoms with Gasteiger partial charge in [-0.25, -0.2) is 0 Å². The number of hydrogen-bond donors (Lipinski definition) is 1. The van der Waals surface area contributed by atoms with E-state index in [1.165, 1.54) is 18.4 Å². The van der Waals surface area contributed by atoms with Crippen LogP contribution in [0.5, 0.6) is 0 Å². The smallest absolute Gasteiger partial charge is 0.225 e. The fourth-order valence-corrected chi connectivity index (χ4v) is 2.71. The highest BCUT2D eigenvalue weighted by Crippen LogP contribution is 2.16. The molecular formula is C15H23NOS. The zero-order valence-corrected chi connectivity index (χ0v) is 12.4. The second kappa shape index (κ2) is 8.20. The van der Waals surface area contributed by atoms with Crippen molar-refractivity contribution in [1.82, 2.24) is 0 Å². The second-order valence-electron chi connectivity index (χ2n) is 4.58. The van der Waals surface area contributed by atoms with Gasteiger partial charge in [0.2, 0.25) is 5.91 Å². The zero-order valence-electron chi connectivity index (χ0n) is 11.6. The van der Waals surface area contributed by atoms with Crippen LogP contribution in [0.25, 0.3) is 0 Å². The van der Waals surface area contributed by atoms with Gasteiger partial charge in [0.25, 0.3) is 0 Å². The summed E-state index contributed by atoms with van der Waals surface area (Å²) in [5, 5.41) is 2.98. The van der Waals surface area contributed by atoms with E-state index in [1.807, 2.05) is 30.8 Å². The van der Waals surface area contributed by atoms with Crippen molar-refractivity contribution in [1.29, 1.82) is 0 Å². The van der Waals surface area contributed by atoms with Crippen molar-refractivity contribution in [2.75, 3.05) is 16.8 Å². The number of anilines is 1. The highest BCUT2D eigenvalue weighted by atomic mass is 32.2.